The first kappa shape index (κ1) is 22.9. The summed E-state index contributed by atoms with van der Waals surface area (Å²) in [6, 6.07) is 4.54. The number of methoxy groups -OCH3 is 1. The van der Waals surface area contributed by atoms with Crippen molar-refractivity contribution in [2.45, 2.75) is 50.0 Å². The zero-order valence-corrected chi connectivity index (χ0v) is 18.1. The minimum absolute atomic E-state index is 0. The summed E-state index contributed by atoms with van der Waals surface area (Å²) in [6.45, 7) is 3.79. The summed E-state index contributed by atoms with van der Waals surface area (Å²) in [5.41, 5.74) is 6.09. The molecule has 0 bridgehead atoms. The Labute approximate surface area is 173 Å². The van der Waals surface area contributed by atoms with Gasteiger partial charge in [-0.05, 0) is 49.4 Å². The molecule has 1 saturated carbocycles. The Bertz CT molecular complexity index is 811. The molecule has 1 aromatic rings. The maximum absolute atomic E-state index is 12.9. The van der Waals surface area contributed by atoms with E-state index in [1.807, 2.05) is 0 Å². The van der Waals surface area contributed by atoms with Gasteiger partial charge in [0, 0.05) is 24.7 Å². The Balaban J connectivity index is 0.00000280. The van der Waals surface area contributed by atoms with Gasteiger partial charge in [0.05, 0.1) is 7.11 Å². The van der Waals surface area contributed by atoms with Gasteiger partial charge in [0.1, 0.15) is 10.6 Å². The fourth-order valence-electron chi connectivity index (χ4n) is 3.89. The van der Waals surface area contributed by atoms with Gasteiger partial charge in [-0.25, -0.2) is 13.1 Å². The van der Waals surface area contributed by atoms with E-state index >= 15 is 0 Å². The summed E-state index contributed by atoms with van der Waals surface area (Å²) in [5, 5.41) is 0. The second kappa shape index (κ2) is 8.98. The van der Waals surface area contributed by atoms with Gasteiger partial charge in [0.2, 0.25) is 10.0 Å². The van der Waals surface area contributed by atoms with E-state index in [0.717, 1.165) is 32.1 Å². The van der Waals surface area contributed by atoms with Crippen molar-refractivity contribution >= 4 is 28.3 Å². The average Bonchev–Trinajstić information content (AvgIpc) is 3.30. The molecule has 2 fully saturated rings. The number of carbonyl (C=O) groups is 1. The highest BCUT2D eigenvalue weighted by atomic mass is 35.5. The summed E-state index contributed by atoms with van der Waals surface area (Å²) in [7, 11) is -2.33. The van der Waals surface area contributed by atoms with E-state index in [1.54, 1.807) is 17.0 Å². The number of hydrogen-bond donors (Lipinski definition) is 2. The minimum atomic E-state index is -3.76. The van der Waals surface area contributed by atoms with Crippen LogP contribution >= 0.6 is 12.4 Å². The van der Waals surface area contributed by atoms with Crippen molar-refractivity contribution in [3.8, 4) is 5.75 Å². The standard InChI is InChI=1S/C19H29N3O4S.ClH/c1-19(12-20)9-10-22(13-19)18(23)14-7-8-16(26-2)17(11-14)27(24,25)21-15-5-3-4-6-15;/h7-8,11,15,21H,3-6,9-10,12-13,20H2,1-2H3;1H. The van der Waals surface area contributed by atoms with Crippen molar-refractivity contribution < 1.29 is 17.9 Å². The number of nitrogens with two attached hydrogens (primary N) is 1. The van der Waals surface area contributed by atoms with Crippen molar-refractivity contribution in [3.63, 3.8) is 0 Å². The summed E-state index contributed by atoms with van der Waals surface area (Å²) < 4.78 is 33.8. The number of nitrogens with one attached hydrogen (secondary N) is 1. The number of hydrogen-bond acceptors (Lipinski definition) is 5. The number of nitrogens with zero attached hydrogens (tertiary/aromatic N) is 1. The highest BCUT2D eigenvalue weighted by Crippen LogP contribution is 2.31. The monoisotopic (exact) mass is 431 g/mol. The van der Waals surface area contributed by atoms with Gasteiger partial charge in [-0.2, -0.15) is 0 Å². The van der Waals surface area contributed by atoms with Crippen molar-refractivity contribution in [1.82, 2.24) is 9.62 Å². The van der Waals surface area contributed by atoms with Crippen LogP contribution in [0.3, 0.4) is 0 Å². The molecule has 0 aromatic heterocycles. The quantitative estimate of drug-likeness (QED) is 0.718. The normalized spacial score (nSPS) is 22.9. The molecule has 3 rings (SSSR count). The molecule has 1 unspecified atom stereocenters. The third kappa shape index (κ3) is 4.79. The fourth-order valence-corrected chi connectivity index (χ4v) is 5.39. The lowest BCUT2D eigenvalue weighted by atomic mass is 9.90. The first-order valence-electron chi connectivity index (χ1n) is 9.48. The van der Waals surface area contributed by atoms with Crippen LogP contribution in [0.1, 0.15) is 49.4 Å². The van der Waals surface area contributed by atoms with Crippen LogP contribution in [0.15, 0.2) is 23.1 Å². The third-order valence-corrected chi connectivity index (χ3v) is 7.26. The van der Waals surface area contributed by atoms with Gasteiger partial charge in [0.15, 0.2) is 0 Å². The highest BCUT2D eigenvalue weighted by Gasteiger charge is 2.36. The molecule has 0 spiro atoms. The third-order valence-electron chi connectivity index (χ3n) is 5.71. The number of carbonyl (C=O) groups excluding carboxylic acids is 1. The van der Waals surface area contributed by atoms with E-state index in [1.165, 1.54) is 13.2 Å². The first-order chi connectivity index (χ1) is 12.8. The average molecular weight is 432 g/mol. The molecular weight excluding hydrogens is 402 g/mol. The van der Waals surface area contributed by atoms with Gasteiger partial charge in [-0.1, -0.05) is 19.8 Å². The Morgan fingerprint density at radius 2 is 2.04 bits per heavy atom. The van der Waals surface area contributed by atoms with Gasteiger partial charge in [-0.3, -0.25) is 4.79 Å². The minimum Gasteiger partial charge on any atom is -0.495 e. The van der Waals surface area contributed by atoms with Crippen molar-refractivity contribution in [3.05, 3.63) is 23.8 Å². The highest BCUT2D eigenvalue weighted by molar-refractivity contribution is 7.89. The van der Waals surface area contributed by atoms with Crippen LogP contribution in [-0.4, -0.2) is 52.0 Å². The molecular formula is C19H30ClN3O4S. The molecule has 1 amide bonds. The zero-order valence-electron chi connectivity index (χ0n) is 16.4. The topological polar surface area (TPSA) is 102 Å². The summed E-state index contributed by atoms with van der Waals surface area (Å²) in [6.07, 6.45) is 4.58. The number of likely N-dealkylation sites (tertiary alicyclic amines) is 1. The molecule has 1 atom stereocenters. The van der Waals surface area contributed by atoms with Crippen LogP contribution in [0.25, 0.3) is 0 Å². The number of ether oxygens (including phenoxy) is 1. The van der Waals surface area contributed by atoms with Crippen LogP contribution < -0.4 is 15.2 Å². The fraction of sp³-hybridized carbons (Fsp3) is 0.632. The van der Waals surface area contributed by atoms with E-state index < -0.39 is 10.0 Å². The number of sulfonamides is 1. The predicted octanol–water partition coefficient (Wildman–Crippen LogP) is 2.15. The Hall–Kier alpha value is -1.35. The number of amides is 1. The van der Waals surface area contributed by atoms with E-state index in [2.05, 4.69) is 11.6 Å². The van der Waals surface area contributed by atoms with Gasteiger partial charge in [0.25, 0.3) is 5.91 Å². The molecule has 0 radical (unpaired) electrons. The maximum atomic E-state index is 12.9. The van der Waals surface area contributed by atoms with E-state index in [4.69, 9.17) is 10.5 Å². The zero-order chi connectivity index (χ0) is 19.7. The van der Waals surface area contributed by atoms with E-state index in [0.29, 0.717) is 25.2 Å². The first-order valence-corrected chi connectivity index (χ1v) is 11.0. The second-order valence-corrected chi connectivity index (χ2v) is 9.64. The predicted molar refractivity (Wildman–Crippen MR) is 111 cm³/mol. The Kier molecular flexibility index (Phi) is 7.36. The van der Waals surface area contributed by atoms with Crippen LogP contribution in [0.2, 0.25) is 0 Å². The van der Waals surface area contributed by atoms with Gasteiger partial charge in [-0.15, -0.1) is 12.4 Å². The van der Waals surface area contributed by atoms with Crippen molar-refractivity contribution in [2.24, 2.45) is 11.1 Å². The van der Waals surface area contributed by atoms with Crippen molar-refractivity contribution in [1.29, 1.82) is 0 Å². The molecule has 158 valence electrons. The summed E-state index contributed by atoms with van der Waals surface area (Å²) in [5.74, 6) is 0.0670. The van der Waals surface area contributed by atoms with Gasteiger partial charge < -0.3 is 15.4 Å². The Morgan fingerprint density at radius 3 is 2.61 bits per heavy atom. The molecule has 1 aliphatic heterocycles. The molecule has 1 aliphatic carbocycles. The molecule has 7 nitrogen and oxygen atoms in total. The second-order valence-electron chi connectivity index (χ2n) is 7.96. The van der Waals surface area contributed by atoms with E-state index in [-0.39, 0.29) is 40.4 Å². The molecule has 28 heavy (non-hydrogen) atoms. The maximum Gasteiger partial charge on any atom is 0.253 e. The largest absolute Gasteiger partial charge is 0.495 e. The van der Waals surface area contributed by atoms with Gasteiger partial charge >= 0.3 is 0 Å². The van der Waals surface area contributed by atoms with E-state index in [9.17, 15) is 13.2 Å². The number of rotatable bonds is 6. The van der Waals surface area contributed by atoms with Crippen molar-refractivity contribution in [2.75, 3.05) is 26.7 Å². The lowest BCUT2D eigenvalue weighted by Crippen LogP contribution is -2.35. The van der Waals surface area contributed by atoms with Crippen LogP contribution in [0, 0.1) is 5.41 Å². The molecule has 9 heteroatoms. The summed E-state index contributed by atoms with van der Waals surface area (Å²) >= 11 is 0. The van der Waals surface area contributed by atoms with Crippen LogP contribution in [-0.2, 0) is 10.0 Å². The molecule has 3 N–H and O–H groups in total. The molecule has 2 aliphatic rings. The molecule has 1 saturated heterocycles. The van der Waals surface area contributed by atoms with Crippen LogP contribution in [0.4, 0.5) is 0 Å². The number of benzene rings is 1. The lowest BCUT2D eigenvalue weighted by Gasteiger charge is -2.23. The molecule has 1 aromatic carbocycles. The number of halogens is 1. The smallest absolute Gasteiger partial charge is 0.253 e. The lowest BCUT2D eigenvalue weighted by molar-refractivity contribution is 0.0776. The van der Waals surface area contributed by atoms with Crippen LogP contribution in [0.5, 0.6) is 5.75 Å². The summed E-state index contributed by atoms with van der Waals surface area (Å²) in [4.78, 5) is 14.7. The Morgan fingerprint density at radius 1 is 1.36 bits per heavy atom. The SMILES string of the molecule is COc1ccc(C(=O)N2CCC(C)(CN)C2)cc1S(=O)(=O)NC1CCCC1.Cl. The molecule has 1 heterocycles.